The summed E-state index contributed by atoms with van der Waals surface area (Å²) in [6, 6.07) is 7.71. The van der Waals surface area contributed by atoms with Gasteiger partial charge in [0.2, 0.25) is 0 Å². The van der Waals surface area contributed by atoms with E-state index in [4.69, 9.17) is 21.6 Å². The number of carbonyl (C=O) groups is 2. The van der Waals surface area contributed by atoms with Crippen molar-refractivity contribution in [1.29, 1.82) is 0 Å². The van der Waals surface area contributed by atoms with E-state index in [0.29, 0.717) is 46.5 Å². The van der Waals surface area contributed by atoms with Gasteiger partial charge in [-0.15, -0.1) is 0 Å². The van der Waals surface area contributed by atoms with Gasteiger partial charge in [0.1, 0.15) is 11.7 Å². The van der Waals surface area contributed by atoms with Crippen LogP contribution in [0.25, 0.3) is 11.3 Å². The average Bonchev–Trinajstić information content (AvgIpc) is 3.74. The third kappa shape index (κ3) is 3.44. The first kappa shape index (κ1) is 23.4. The van der Waals surface area contributed by atoms with Crippen LogP contribution in [0.2, 0.25) is 5.02 Å². The fraction of sp³-hybridized carbons (Fsp3) is 0.481. The van der Waals surface area contributed by atoms with Crippen molar-refractivity contribution in [2.75, 3.05) is 13.1 Å². The smallest absolute Gasteiger partial charge is 0.407 e. The van der Waals surface area contributed by atoms with Crippen molar-refractivity contribution in [3.63, 3.8) is 0 Å². The van der Waals surface area contributed by atoms with E-state index in [0.717, 1.165) is 25.7 Å². The first-order valence-electron chi connectivity index (χ1n) is 12.6. The Morgan fingerprint density at radius 1 is 1.08 bits per heavy atom. The summed E-state index contributed by atoms with van der Waals surface area (Å²) in [4.78, 5) is 38.8. The Morgan fingerprint density at radius 3 is 2.36 bits per heavy atom. The number of hydrogen-bond donors (Lipinski definition) is 1. The summed E-state index contributed by atoms with van der Waals surface area (Å²) < 4.78 is 14.8. The largest absolute Gasteiger partial charge is 0.465 e. The number of amides is 2. The summed E-state index contributed by atoms with van der Waals surface area (Å²) in [6.45, 7) is 4.47. The normalized spacial score (nSPS) is 25.4. The Morgan fingerprint density at radius 2 is 1.75 bits per heavy atom. The van der Waals surface area contributed by atoms with Crippen LogP contribution in [0.4, 0.5) is 9.18 Å². The standard InChI is InChI=1S/C27H28ClFN4O3/c1-14-13-33(26(35)36)15(2)12-32(14)24-19-11-20(28)22(18-5-3-4-6-21(18)29)30-23(19)27(16-7-8-16,17-9-10-17)25(34)31-24/h3-6,11,14-17H,7-10,12-13H2,1-2H3,(H,35,36)/t14-,15+/m0/s1. The number of nitrogens with zero attached hydrogens (tertiary/aromatic N) is 4. The predicted molar refractivity (Wildman–Crippen MR) is 134 cm³/mol. The van der Waals surface area contributed by atoms with Crippen molar-refractivity contribution in [1.82, 2.24) is 14.8 Å². The summed E-state index contributed by atoms with van der Waals surface area (Å²) in [7, 11) is 0. The van der Waals surface area contributed by atoms with E-state index in [1.807, 2.05) is 18.7 Å². The van der Waals surface area contributed by atoms with Crippen LogP contribution in [0, 0.1) is 17.7 Å². The maximum atomic E-state index is 14.8. The maximum absolute atomic E-state index is 14.8. The maximum Gasteiger partial charge on any atom is 0.407 e. The second kappa shape index (κ2) is 8.26. The molecule has 7 nitrogen and oxygen atoms in total. The molecule has 0 bridgehead atoms. The molecule has 0 spiro atoms. The highest BCUT2D eigenvalue weighted by molar-refractivity contribution is 6.33. The molecule has 2 saturated carbocycles. The van der Waals surface area contributed by atoms with Gasteiger partial charge in [-0.1, -0.05) is 23.7 Å². The van der Waals surface area contributed by atoms with Crippen LogP contribution in [0.5, 0.6) is 0 Å². The zero-order chi connectivity index (χ0) is 25.4. The Labute approximate surface area is 214 Å². The van der Waals surface area contributed by atoms with Crippen LogP contribution in [-0.4, -0.2) is 62.9 Å². The molecule has 2 aliphatic heterocycles. The van der Waals surface area contributed by atoms with E-state index < -0.39 is 17.3 Å². The lowest BCUT2D eigenvalue weighted by atomic mass is 9.70. The zero-order valence-corrected chi connectivity index (χ0v) is 21.0. The van der Waals surface area contributed by atoms with Gasteiger partial charge in [0, 0.05) is 36.3 Å². The second-order valence-corrected chi connectivity index (χ2v) is 11.0. The highest BCUT2D eigenvalue weighted by Gasteiger charge is 2.63. The van der Waals surface area contributed by atoms with Crippen LogP contribution in [0.1, 0.15) is 50.8 Å². The lowest BCUT2D eigenvalue weighted by Crippen LogP contribution is -2.60. The highest BCUT2D eigenvalue weighted by atomic mass is 35.5. The van der Waals surface area contributed by atoms with Gasteiger partial charge >= 0.3 is 6.09 Å². The number of benzene rings is 1. The zero-order valence-electron chi connectivity index (χ0n) is 20.2. The molecule has 3 fully saturated rings. The number of rotatable bonds is 3. The van der Waals surface area contributed by atoms with Crippen LogP contribution < -0.4 is 0 Å². The van der Waals surface area contributed by atoms with Gasteiger partial charge in [-0.05, 0) is 69.6 Å². The Bertz CT molecular complexity index is 1290. The van der Waals surface area contributed by atoms with Crippen LogP contribution in [0.15, 0.2) is 35.3 Å². The molecule has 2 aromatic rings. The van der Waals surface area contributed by atoms with Gasteiger partial charge in [-0.2, -0.15) is 4.99 Å². The van der Waals surface area contributed by atoms with Gasteiger partial charge in [-0.3, -0.25) is 4.79 Å². The summed E-state index contributed by atoms with van der Waals surface area (Å²) >= 11 is 6.75. The number of piperazine rings is 1. The summed E-state index contributed by atoms with van der Waals surface area (Å²) in [6.07, 6.45) is 2.80. The van der Waals surface area contributed by atoms with E-state index in [1.165, 1.54) is 11.0 Å². The number of aromatic nitrogens is 1. The molecule has 1 N–H and O–H groups in total. The quantitative estimate of drug-likeness (QED) is 0.631. The van der Waals surface area contributed by atoms with Gasteiger partial charge in [-0.25, -0.2) is 14.2 Å². The number of carboxylic acid groups (broad SMARTS) is 1. The van der Waals surface area contributed by atoms with E-state index in [-0.39, 0.29) is 29.8 Å². The molecular weight excluding hydrogens is 483 g/mol. The minimum Gasteiger partial charge on any atom is -0.465 e. The first-order chi connectivity index (χ1) is 17.2. The Balaban J connectivity index is 1.53. The summed E-state index contributed by atoms with van der Waals surface area (Å²) in [5, 5.41) is 9.89. The third-order valence-electron chi connectivity index (χ3n) is 8.25. The van der Waals surface area contributed by atoms with Crippen molar-refractivity contribution in [2.24, 2.45) is 16.8 Å². The van der Waals surface area contributed by atoms with Gasteiger partial charge in [0.05, 0.1) is 21.8 Å². The van der Waals surface area contributed by atoms with E-state index in [9.17, 15) is 19.1 Å². The molecular formula is C27H28ClFN4O3. The number of hydrogen-bond acceptors (Lipinski definition) is 4. The molecule has 6 rings (SSSR count). The van der Waals surface area contributed by atoms with Crippen molar-refractivity contribution in [2.45, 2.75) is 57.0 Å². The molecule has 0 radical (unpaired) electrons. The predicted octanol–water partition coefficient (Wildman–Crippen LogP) is 4.96. The molecule has 36 heavy (non-hydrogen) atoms. The molecule has 1 saturated heterocycles. The first-order valence-corrected chi connectivity index (χ1v) is 13.0. The fourth-order valence-electron chi connectivity index (χ4n) is 6.22. The second-order valence-electron chi connectivity index (χ2n) is 10.6. The molecule has 2 atom stereocenters. The Kier molecular flexibility index (Phi) is 5.37. The van der Waals surface area contributed by atoms with E-state index in [1.54, 1.807) is 24.3 Å². The molecule has 9 heteroatoms. The summed E-state index contributed by atoms with van der Waals surface area (Å²) in [5.41, 5.74) is 1.21. The highest BCUT2D eigenvalue weighted by Crippen LogP contribution is 2.61. The number of aliphatic imine (C=N–C) groups is 1. The van der Waals surface area contributed by atoms with Gasteiger partial charge < -0.3 is 14.9 Å². The van der Waals surface area contributed by atoms with Gasteiger partial charge in [0.15, 0.2) is 0 Å². The minimum atomic E-state index is -0.961. The molecule has 2 amide bonds. The molecule has 0 unspecified atom stereocenters. The minimum absolute atomic E-state index is 0.170. The SMILES string of the molecule is C[C@@H]1CN(C2=NC(=O)C(C3CC3)(C3CC3)c3nc(-c4ccccc4F)c(Cl)cc32)[C@@H](C)CN1C(=O)O. The monoisotopic (exact) mass is 510 g/mol. The number of carbonyl (C=O) groups excluding carboxylic acids is 1. The third-order valence-corrected chi connectivity index (χ3v) is 8.53. The summed E-state index contributed by atoms with van der Waals surface area (Å²) in [5.74, 6) is 0.238. The molecule has 4 aliphatic rings. The van der Waals surface area contributed by atoms with E-state index >= 15 is 0 Å². The van der Waals surface area contributed by atoms with Crippen LogP contribution in [-0.2, 0) is 10.2 Å². The topological polar surface area (TPSA) is 86.1 Å². The molecule has 188 valence electrons. The molecule has 3 heterocycles. The number of fused-ring (bicyclic) bond motifs is 1. The lowest BCUT2D eigenvalue weighted by molar-refractivity contribution is -0.125. The number of pyridine rings is 1. The lowest BCUT2D eigenvalue weighted by Gasteiger charge is -2.46. The molecule has 1 aromatic heterocycles. The molecule has 1 aromatic carbocycles. The van der Waals surface area contributed by atoms with Crippen molar-refractivity contribution in [3.05, 3.63) is 52.4 Å². The van der Waals surface area contributed by atoms with Crippen molar-refractivity contribution >= 4 is 29.4 Å². The number of amidine groups is 1. The van der Waals surface area contributed by atoms with Crippen molar-refractivity contribution < 1.29 is 19.1 Å². The average molecular weight is 511 g/mol. The Hall–Kier alpha value is -3.00. The van der Waals surface area contributed by atoms with Crippen molar-refractivity contribution in [3.8, 4) is 11.3 Å². The van der Waals surface area contributed by atoms with Gasteiger partial charge in [0.25, 0.3) is 5.91 Å². The fourth-order valence-corrected chi connectivity index (χ4v) is 6.47. The van der Waals surface area contributed by atoms with E-state index in [2.05, 4.69) is 0 Å². The molecule has 2 aliphatic carbocycles. The number of halogens is 2. The van der Waals surface area contributed by atoms with Crippen LogP contribution in [0.3, 0.4) is 0 Å². The van der Waals surface area contributed by atoms with Crippen LogP contribution >= 0.6 is 11.6 Å².